The number of halogens is 4. The Morgan fingerprint density at radius 3 is 2.70 bits per heavy atom. The standard InChI is InChI=1S/C31H31ClF3N5O4/c1-16-12-39(19-14-42-15-19)8-7-31(16,35)22-9-18(32)11-36-30(22)43-20-10-23(17(2)41)40(13-20)29-26-25(37-28(38-29)27(33)34)21-5-3-4-6-24(21)44-26/h3-6,9,11,16,19-20,23,27H,7-8,10,12-15H2,1-2H3/t16-,20-,23-,31+/m0/s1. The molecular formula is C31H31ClF3N5O4. The first-order chi connectivity index (χ1) is 21.1. The van der Waals surface area contributed by atoms with Gasteiger partial charge in [-0.2, -0.15) is 0 Å². The Hall–Kier alpha value is -3.48. The minimum atomic E-state index is -2.94. The summed E-state index contributed by atoms with van der Waals surface area (Å²) in [7, 11) is 0. The molecule has 1 aromatic carbocycles. The zero-order chi connectivity index (χ0) is 30.7. The zero-order valence-electron chi connectivity index (χ0n) is 24.2. The number of Topliss-reactive ketones (excluding diaryl/α,β-unsaturated/α-hetero) is 1. The van der Waals surface area contributed by atoms with E-state index in [4.69, 9.17) is 25.5 Å². The molecule has 6 heterocycles. The van der Waals surface area contributed by atoms with Crippen LogP contribution in [0.15, 0.2) is 40.9 Å². The number of anilines is 1. The number of para-hydroxylation sites is 1. The van der Waals surface area contributed by atoms with Crippen LogP contribution in [0.3, 0.4) is 0 Å². The summed E-state index contributed by atoms with van der Waals surface area (Å²) in [5.41, 5.74) is -0.577. The van der Waals surface area contributed by atoms with Gasteiger partial charge in [0.05, 0.1) is 42.4 Å². The van der Waals surface area contributed by atoms with Gasteiger partial charge in [0.15, 0.2) is 23.0 Å². The lowest BCUT2D eigenvalue weighted by molar-refractivity contribution is -0.118. The van der Waals surface area contributed by atoms with Crippen LogP contribution in [0.25, 0.3) is 22.1 Å². The van der Waals surface area contributed by atoms with Gasteiger partial charge >= 0.3 is 0 Å². The van der Waals surface area contributed by atoms with Crippen LogP contribution in [-0.2, 0) is 15.2 Å². The summed E-state index contributed by atoms with van der Waals surface area (Å²) in [6.07, 6.45) is -1.73. The van der Waals surface area contributed by atoms with E-state index in [9.17, 15) is 13.6 Å². The number of benzene rings is 1. The molecule has 0 unspecified atom stereocenters. The predicted molar refractivity (Wildman–Crippen MR) is 157 cm³/mol. The van der Waals surface area contributed by atoms with Gasteiger partial charge in [0.1, 0.15) is 22.9 Å². The van der Waals surface area contributed by atoms with Crippen molar-refractivity contribution in [2.45, 2.75) is 57.0 Å². The summed E-state index contributed by atoms with van der Waals surface area (Å²) in [4.78, 5) is 29.4. The molecule has 44 heavy (non-hydrogen) atoms. The molecule has 4 atom stereocenters. The highest BCUT2D eigenvalue weighted by molar-refractivity contribution is 6.30. The molecule has 0 spiro atoms. The Morgan fingerprint density at radius 1 is 1.20 bits per heavy atom. The quantitative estimate of drug-likeness (QED) is 0.248. The van der Waals surface area contributed by atoms with Gasteiger partial charge in [-0.05, 0) is 31.5 Å². The van der Waals surface area contributed by atoms with Crippen molar-refractivity contribution < 1.29 is 31.9 Å². The van der Waals surface area contributed by atoms with Gasteiger partial charge in [-0.1, -0.05) is 30.7 Å². The van der Waals surface area contributed by atoms with Gasteiger partial charge in [0.25, 0.3) is 6.43 Å². The first-order valence-corrected chi connectivity index (χ1v) is 15.1. The number of carbonyl (C=O) groups is 1. The van der Waals surface area contributed by atoms with E-state index >= 15 is 4.39 Å². The van der Waals surface area contributed by atoms with E-state index < -0.39 is 30.1 Å². The van der Waals surface area contributed by atoms with Crippen LogP contribution in [0.5, 0.6) is 5.88 Å². The molecule has 3 aliphatic heterocycles. The fourth-order valence-electron chi connectivity index (χ4n) is 6.67. The van der Waals surface area contributed by atoms with Gasteiger partial charge in [-0.15, -0.1) is 0 Å². The molecular weight excluding hydrogens is 599 g/mol. The minimum Gasteiger partial charge on any atom is -0.472 e. The van der Waals surface area contributed by atoms with Gasteiger partial charge in [-0.25, -0.2) is 28.1 Å². The Bertz CT molecular complexity index is 1740. The number of aromatic nitrogens is 3. The second kappa shape index (κ2) is 11.1. The highest BCUT2D eigenvalue weighted by Crippen LogP contribution is 2.46. The summed E-state index contributed by atoms with van der Waals surface area (Å²) < 4.78 is 62.6. The van der Waals surface area contributed by atoms with E-state index in [2.05, 4.69) is 19.9 Å². The zero-order valence-corrected chi connectivity index (χ0v) is 24.9. The molecule has 7 rings (SSSR count). The lowest BCUT2D eigenvalue weighted by Crippen LogP contribution is -2.56. The van der Waals surface area contributed by atoms with E-state index in [0.29, 0.717) is 43.3 Å². The molecule has 3 aliphatic rings. The summed E-state index contributed by atoms with van der Waals surface area (Å²) in [5, 5.41) is 0.849. The fourth-order valence-corrected chi connectivity index (χ4v) is 6.83. The molecule has 0 bridgehead atoms. The van der Waals surface area contributed by atoms with Crippen molar-refractivity contribution in [2.24, 2.45) is 5.92 Å². The lowest BCUT2D eigenvalue weighted by Gasteiger charge is -2.47. The van der Waals surface area contributed by atoms with Crippen LogP contribution in [-0.4, -0.2) is 76.7 Å². The van der Waals surface area contributed by atoms with Crippen molar-refractivity contribution >= 4 is 45.3 Å². The van der Waals surface area contributed by atoms with Crippen molar-refractivity contribution in [3.8, 4) is 5.88 Å². The predicted octanol–water partition coefficient (Wildman–Crippen LogP) is 5.88. The number of fused-ring (bicyclic) bond motifs is 3. The van der Waals surface area contributed by atoms with Crippen molar-refractivity contribution in [3.05, 3.63) is 52.9 Å². The maximum atomic E-state index is 16.9. The molecule has 4 aromatic rings. The van der Waals surface area contributed by atoms with Gasteiger partial charge in [0, 0.05) is 37.0 Å². The largest absolute Gasteiger partial charge is 0.472 e. The first-order valence-electron chi connectivity index (χ1n) is 14.7. The van der Waals surface area contributed by atoms with Crippen LogP contribution in [0.2, 0.25) is 5.02 Å². The third kappa shape index (κ3) is 4.96. The number of hydrogen-bond donors (Lipinski definition) is 0. The Labute approximate surface area is 256 Å². The van der Waals surface area contributed by atoms with E-state index in [1.807, 2.05) is 6.92 Å². The molecule has 0 saturated carbocycles. The highest BCUT2D eigenvalue weighted by atomic mass is 35.5. The molecule has 3 saturated heterocycles. The van der Waals surface area contributed by atoms with E-state index in [-0.39, 0.29) is 64.5 Å². The van der Waals surface area contributed by atoms with Crippen LogP contribution < -0.4 is 9.64 Å². The Morgan fingerprint density at radius 2 is 2.00 bits per heavy atom. The number of ketones is 1. The highest BCUT2D eigenvalue weighted by Gasteiger charge is 2.48. The summed E-state index contributed by atoms with van der Waals surface area (Å²) in [6.45, 7) is 5.81. The number of hydrogen-bond acceptors (Lipinski definition) is 9. The molecule has 13 heteroatoms. The van der Waals surface area contributed by atoms with Crippen molar-refractivity contribution in [1.29, 1.82) is 0 Å². The normalized spacial score (nSPS) is 26.5. The van der Waals surface area contributed by atoms with Gasteiger partial charge < -0.3 is 18.8 Å². The maximum Gasteiger partial charge on any atom is 0.297 e. The van der Waals surface area contributed by atoms with E-state index in [0.717, 1.165) is 0 Å². The SMILES string of the molecule is CC(=O)[C@@H]1C[C@H](Oc2ncc(Cl)cc2[C@@]2(F)CCN(C3COC3)C[C@@H]2C)CN1c1nc(C(F)F)nc2c1oc1ccccc12. The molecule has 0 amide bonds. The molecule has 3 fully saturated rings. The number of carbonyl (C=O) groups excluding carboxylic acids is 1. The number of ether oxygens (including phenoxy) is 2. The van der Waals surface area contributed by atoms with Crippen molar-refractivity contribution in [2.75, 3.05) is 37.7 Å². The molecule has 3 aromatic heterocycles. The fraction of sp³-hybridized carbons (Fsp3) is 0.484. The number of nitrogens with zero attached hydrogens (tertiary/aromatic N) is 5. The summed E-state index contributed by atoms with van der Waals surface area (Å²) in [5.74, 6) is -1.06. The Kier molecular flexibility index (Phi) is 7.41. The summed E-state index contributed by atoms with van der Waals surface area (Å²) in [6, 6.07) is 8.09. The number of rotatable bonds is 7. The second-order valence-electron chi connectivity index (χ2n) is 11.9. The minimum absolute atomic E-state index is 0.0834. The number of piperidine rings is 1. The average Bonchev–Trinajstić information content (AvgIpc) is 3.56. The van der Waals surface area contributed by atoms with Crippen LogP contribution >= 0.6 is 11.6 Å². The van der Waals surface area contributed by atoms with Gasteiger partial charge in [-0.3, -0.25) is 9.69 Å². The average molecular weight is 630 g/mol. The number of pyridine rings is 1. The molecule has 0 aliphatic carbocycles. The monoisotopic (exact) mass is 629 g/mol. The second-order valence-corrected chi connectivity index (χ2v) is 12.4. The Balaban J connectivity index is 1.22. The lowest BCUT2D eigenvalue weighted by atomic mass is 9.78. The topological polar surface area (TPSA) is 93.8 Å². The summed E-state index contributed by atoms with van der Waals surface area (Å²) >= 11 is 6.32. The maximum absolute atomic E-state index is 16.9. The van der Waals surface area contributed by atoms with Crippen LogP contribution in [0, 0.1) is 5.92 Å². The molecule has 9 nitrogen and oxygen atoms in total. The van der Waals surface area contributed by atoms with Crippen molar-refractivity contribution in [3.63, 3.8) is 0 Å². The molecule has 0 N–H and O–H groups in total. The molecule has 0 radical (unpaired) electrons. The van der Waals surface area contributed by atoms with E-state index in [1.165, 1.54) is 13.1 Å². The van der Waals surface area contributed by atoms with Gasteiger partial charge in [0.2, 0.25) is 5.88 Å². The number of alkyl halides is 3. The third-order valence-electron chi connectivity index (χ3n) is 9.15. The number of likely N-dealkylation sites (tertiary alicyclic amines) is 1. The number of furan rings is 1. The van der Waals surface area contributed by atoms with Crippen LogP contribution in [0.4, 0.5) is 19.0 Å². The van der Waals surface area contributed by atoms with E-state index in [1.54, 1.807) is 35.2 Å². The molecule has 232 valence electrons. The van der Waals surface area contributed by atoms with Crippen LogP contribution in [0.1, 0.15) is 44.5 Å². The smallest absolute Gasteiger partial charge is 0.297 e. The first kappa shape index (κ1) is 29.2. The third-order valence-corrected chi connectivity index (χ3v) is 9.36. The van der Waals surface area contributed by atoms with Crippen molar-refractivity contribution in [1.82, 2.24) is 19.9 Å².